The highest BCUT2D eigenvalue weighted by molar-refractivity contribution is 5.84. The standard InChI is InChI=1S/C18H22N2O2/c1-5-13-8-6-7-9-15(13)14-10-11-19-16(12-14)20-17(21)22-18(2,3)4/h6-12H,5H2,1-4H3,(H,19,20,21). The average Bonchev–Trinajstić information content (AvgIpc) is 2.45. The molecular weight excluding hydrogens is 276 g/mol. The van der Waals surface area contributed by atoms with E-state index in [2.05, 4.69) is 29.4 Å². The Morgan fingerprint density at radius 3 is 2.64 bits per heavy atom. The lowest BCUT2D eigenvalue weighted by Gasteiger charge is -2.19. The van der Waals surface area contributed by atoms with Gasteiger partial charge in [-0.15, -0.1) is 0 Å². The van der Waals surface area contributed by atoms with Gasteiger partial charge in [0, 0.05) is 6.20 Å². The Morgan fingerprint density at radius 1 is 1.23 bits per heavy atom. The molecule has 0 bridgehead atoms. The molecule has 4 heteroatoms. The van der Waals surface area contributed by atoms with E-state index in [0.29, 0.717) is 5.82 Å². The minimum absolute atomic E-state index is 0.484. The number of pyridine rings is 1. The van der Waals surface area contributed by atoms with Gasteiger partial charge in [0.25, 0.3) is 0 Å². The van der Waals surface area contributed by atoms with Crippen molar-refractivity contribution < 1.29 is 9.53 Å². The molecule has 0 radical (unpaired) electrons. The normalized spacial score (nSPS) is 11.1. The Morgan fingerprint density at radius 2 is 1.95 bits per heavy atom. The molecule has 116 valence electrons. The summed E-state index contributed by atoms with van der Waals surface area (Å²) in [4.78, 5) is 16.0. The van der Waals surface area contributed by atoms with E-state index in [1.54, 1.807) is 6.20 Å². The fourth-order valence-corrected chi connectivity index (χ4v) is 2.18. The molecule has 0 fully saturated rings. The van der Waals surface area contributed by atoms with Crippen molar-refractivity contribution in [3.63, 3.8) is 0 Å². The number of amides is 1. The van der Waals surface area contributed by atoms with Crippen molar-refractivity contribution in [3.05, 3.63) is 48.2 Å². The first-order valence-electron chi connectivity index (χ1n) is 7.43. The molecule has 1 N–H and O–H groups in total. The Bertz CT molecular complexity index is 660. The van der Waals surface area contributed by atoms with Crippen LogP contribution >= 0.6 is 0 Å². The fourth-order valence-electron chi connectivity index (χ4n) is 2.18. The van der Waals surface area contributed by atoms with Gasteiger partial charge in [-0.05, 0) is 56.0 Å². The number of ether oxygens (including phenoxy) is 1. The highest BCUT2D eigenvalue weighted by atomic mass is 16.6. The summed E-state index contributed by atoms with van der Waals surface area (Å²) >= 11 is 0. The van der Waals surface area contributed by atoms with Crippen molar-refractivity contribution in [3.8, 4) is 11.1 Å². The quantitative estimate of drug-likeness (QED) is 0.896. The van der Waals surface area contributed by atoms with E-state index in [0.717, 1.165) is 17.5 Å². The third-order valence-electron chi connectivity index (χ3n) is 3.10. The molecule has 0 aliphatic heterocycles. The first-order chi connectivity index (χ1) is 10.4. The Balaban J connectivity index is 2.22. The minimum Gasteiger partial charge on any atom is -0.444 e. The number of carbonyl (C=O) groups excluding carboxylic acids is 1. The van der Waals surface area contributed by atoms with Crippen LogP contribution in [-0.2, 0) is 11.2 Å². The smallest absolute Gasteiger partial charge is 0.413 e. The molecule has 4 nitrogen and oxygen atoms in total. The number of benzene rings is 1. The molecule has 0 aliphatic rings. The number of anilines is 1. The van der Waals surface area contributed by atoms with Crippen LogP contribution in [0.25, 0.3) is 11.1 Å². The molecule has 1 amide bonds. The van der Waals surface area contributed by atoms with Crippen LogP contribution in [0.4, 0.5) is 10.6 Å². The van der Waals surface area contributed by atoms with E-state index in [1.165, 1.54) is 5.56 Å². The number of rotatable bonds is 3. The van der Waals surface area contributed by atoms with Crippen molar-refractivity contribution in [1.82, 2.24) is 4.98 Å². The van der Waals surface area contributed by atoms with Gasteiger partial charge in [0.2, 0.25) is 0 Å². The van der Waals surface area contributed by atoms with E-state index >= 15 is 0 Å². The lowest BCUT2D eigenvalue weighted by Crippen LogP contribution is -2.27. The molecule has 0 aliphatic carbocycles. The van der Waals surface area contributed by atoms with Crippen molar-refractivity contribution in [2.75, 3.05) is 5.32 Å². The first-order valence-corrected chi connectivity index (χ1v) is 7.43. The van der Waals surface area contributed by atoms with Crippen LogP contribution in [-0.4, -0.2) is 16.7 Å². The monoisotopic (exact) mass is 298 g/mol. The summed E-state index contributed by atoms with van der Waals surface area (Å²) in [5.74, 6) is 0.484. The molecular formula is C18H22N2O2. The van der Waals surface area contributed by atoms with Crippen LogP contribution in [0.3, 0.4) is 0 Å². The van der Waals surface area contributed by atoms with E-state index in [9.17, 15) is 4.79 Å². The van der Waals surface area contributed by atoms with E-state index in [1.807, 2.05) is 45.0 Å². The molecule has 22 heavy (non-hydrogen) atoms. The van der Waals surface area contributed by atoms with Gasteiger partial charge in [-0.2, -0.15) is 0 Å². The molecule has 0 atom stereocenters. The van der Waals surface area contributed by atoms with Crippen LogP contribution in [0.5, 0.6) is 0 Å². The SMILES string of the molecule is CCc1ccccc1-c1ccnc(NC(=O)OC(C)(C)C)c1. The Kier molecular flexibility index (Phi) is 4.81. The summed E-state index contributed by atoms with van der Waals surface area (Å²) in [5, 5.41) is 2.67. The number of hydrogen-bond donors (Lipinski definition) is 1. The lowest BCUT2D eigenvalue weighted by atomic mass is 9.99. The van der Waals surface area contributed by atoms with Gasteiger partial charge in [-0.1, -0.05) is 31.2 Å². The largest absolute Gasteiger partial charge is 0.444 e. The third-order valence-corrected chi connectivity index (χ3v) is 3.10. The van der Waals surface area contributed by atoms with Crippen LogP contribution in [0.1, 0.15) is 33.3 Å². The maximum Gasteiger partial charge on any atom is 0.413 e. The zero-order chi connectivity index (χ0) is 16.2. The number of nitrogens with zero attached hydrogens (tertiary/aromatic N) is 1. The fraction of sp³-hybridized carbons (Fsp3) is 0.333. The lowest BCUT2D eigenvalue weighted by molar-refractivity contribution is 0.0635. The van der Waals surface area contributed by atoms with Gasteiger partial charge in [0.05, 0.1) is 0 Å². The highest BCUT2D eigenvalue weighted by Crippen LogP contribution is 2.25. The second-order valence-electron chi connectivity index (χ2n) is 6.07. The van der Waals surface area contributed by atoms with Crippen molar-refractivity contribution in [2.45, 2.75) is 39.7 Å². The zero-order valence-corrected chi connectivity index (χ0v) is 13.5. The minimum atomic E-state index is -0.531. The zero-order valence-electron chi connectivity index (χ0n) is 13.5. The number of aryl methyl sites for hydroxylation is 1. The topological polar surface area (TPSA) is 51.2 Å². The van der Waals surface area contributed by atoms with E-state index in [4.69, 9.17) is 4.74 Å². The predicted molar refractivity (Wildman–Crippen MR) is 88.9 cm³/mol. The maximum atomic E-state index is 11.8. The second-order valence-corrected chi connectivity index (χ2v) is 6.07. The van der Waals surface area contributed by atoms with Gasteiger partial charge >= 0.3 is 6.09 Å². The molecule has 2 aromatic rings. The molecule has 1 heterocycles. The first kappa shape index (κ1) is 16.0. The highest BCUT2D eigenvalue weighted by Gasteiger charge is 2.16. The predicted octanol–water partition coefficient (Wildman–Crippen LogP) is 4.66. The van der Waals surface area contributed by atoms with E-state index < -0.39 is 11.7 Å². The molecule has 1 aromatic carbocycles. The van der Waals surface area contributed by atoms with Gasteiger partial charge in [0.15, 0.2) is 0 Å². The van der Waals surface area contributed by atoms with Crippen molar-refractivity contribution >= 4 is 11.9 Å². The second kappa shape index (κ2) is 6.60. The Hall–Kier alpha value is -2.36. The Labute approximate surface area is 131 Å². The van der Waals surface area contributed by atoms with Gasteiger partial charge < -0.3 is 4.74 Å². The summed E-state index contributed by atoms with van der Waals surface area (Å²) in [7, 11) is 0. The maximum absolute atomic E-state index is 11.8. The summed E-state index contributed by atoms with van der Waals surface area (Å²) in [6.07, 6.45) is 2.14. The van der Waals surface area contributed by atoms with Crippen LogP contribution in [0.15, 0.2) is 42.6 Å². The molecule has 0 unspecified atom stereocenters. The molecule has 2 rings (SSSR count). The van der Waals surface area contributed by atoms with Gasteiger partial charge in [0.1, 0.15) is 11.4 Å². The number of nitrogens with one attached hydrogen (secondary N) is 1. The number of carbonyl (C=O) groups is 1. The van der Waals surface area contributed by atoms with Gasteiger partial charge in [-0.3, -0.25) is 5.32 Å². The van der Waals surface area contributed by atoms with Crippen LogP contribution < -0.4 is 5.32 Å². The molecule has 1 aromatic heterocycles. The summed E-state index contributed by atoms with van der Waals surface area (Å²) in [6, 6.07) is 12.0. The summed E-state index contributed by atoms with van der Waals surface area (Å²) < 4.78 is 5.24. The average molecular weight is 298 g/mol. The molecule has 0 saturated carbocycles. The van der Waals surface area contributed by atoms with Crippen molar-refractivity contribution in [1.29, 1.82) is 0 Å². The summed E-state index contributed by atoms with van der Waals surface area (Å²) in [6.45, 7) is 7.61. The summed E-state index contributed by atoms with van der Waals surface area (Å²) in [5.41, 5.74) is 2.91. The van der Waals surface area contributed by atoms with Crippen LogP contribution in [0.2, 0.25) is 0 Å². The number of hydrogen-bond acceptors (Lipinski definition) is 3. The third kappa shape index (κ3) is 4.32. The molecule has 0 saturated heterocycles. The van der Waals surface area contributed by atoms with Gasteiger partial charge in [-0.25, -0.2) is 9.78 Å². The van der Waals surface area contributed by atoms with Crippen molar-refractivity contribution in [2.24, 2.45) is 0 Å². The molecule has 0 spiro atoms. The van der Waals surface area contributed by atoms with Crippen LogP contribution in [0, 0.1) is 0 Å². The number of aromatic nitrogens is 1. The van der Waals surface area contributed by atoms with E-state index in [-0.39, 0.29) is 0 Å².